The molecule has 0 unspecified atom stereocenters. The number of aryl methyl sites for hydroxylation is 1. The van der Waals surface area contributed by atoms with E-state index in [1.807, 2.05) is 0 Å². The molecule has 1 N–H and O–H groups in total. The molecule has 108 valence electrons. The minimum absolute atomic E-state index is 0.175. The molecular weight excluding hydrogens is 266 g/mol. The number of hydrogen-bond donors (Lipinski definition) is 1. The molecule has 0 saturated carbocycles. The van der Waals surface area contributed by atoms with Gasteiger partial charge in [0.25, 0.3) is 5.56 Å². The van der Waals surface area contributed by atoms with E-state index in [9.17, 15) is 18.3 Å². The van der Waals surface area contributed by atoms with Gasteiger partial charge in [0.2, 0.25) is 0 Å². The largest absolute Gasteiger partial charge is 0.494 e. The summed E-state index contributed by atoms with van der Waals surface area (Å²) in [5.41, 5.74) is -0.341. The number of hydrogen-bond acceptors (Lipinski definition) is 4. The fourth-order valence-corrected chi connectivity index (χ4v) is 3.17. The molecule has 6 heteroatoms. The molecule has 1 heterocycles. The molecule has 0 radical (unpaired) electrons. The predicted molar refractivity (Wildman–Crippen MR) is 74.4 cm³/mol. The standard InChI is InChI=1S/C13H21NO4S/c1-4-5-6-7-8-14-11(15)9-10(2)12(13(14)16)19(3,17)18/h9,15H,4-8H2,1-3H3. The average molecular weight is 287 g/mol. The third-order valence-electron chi connectivity index (χ3n) is 3.03. The monoisotopic (exact) mass is 287 g/mol. The summed E-state index contributed by atoms with van der Waals surface area (Å²) in [4.78, 5) is 11.9. The first-order valence-electron chi connectivity index (χ1n) is 6.42. The Hall–Kier alpha value is -1.30. The van der Waals surface area contributed by atoms with Gasteiger partial charge < -0.3 is 5.11 Å². The Bertz CT molecular complexity index is 602. The highest BCUT2D eigenvalue weighted by molar-refractivity contribution is 7.90. The van der Waals surface area contributed by atoms with Crippen LogP contribution in [-0.4, -0.2) is 24.3 Å². The van der Waals surface area contributed by atoms with E-state index in [4.69, 9.17) is 0 Å². The van der Waals surface area contributed by atoms with Crippen molar-refractivity contribution >= 4 is 9.84 Å². The van der Waals surface area contributed by atoms with Crippen LogP contribution in [0.2, 0.25) is 0 Å². The van der Waals surface area contributed by atoms with Gasteiger partial charge in [-0.25, -0.2) is 8.42 Å². The third kappa shape index (κ3) is 3.83. The lowest BCUT2D eigenvalue weighted by molar-refractivity contribution is 0.395. The summed E-state index contributed by atoms with van der Waals surface area (Å²) in [6.45, 7) is 3.93. The highest BCUT2D eigenvalue weighted by Gasteiger charge is 2.19. The van der Waals surface area contributed by atoms with E-state index >= 15 is 0 Å². The van der Waals surface area contributed by atoms with Crippen molar-refractivity contribution in [3.05, 3.63) is 22.0 Å². The molecule has 0 aliphatic carbocycles. The first-order valence-corrected chi connectivity index (χ1v) is 8.31. The SMILES string of the molecule is CCCCCCn1c(O)cc(C)c(S(C)(=O)=O)c1=O. The van der Waals surface area contributed by atoms with E-state index in [1.165, 1.54) is 13.0 Å². The lowest BCUT2D eigenvalue weighted by Gasteiger charge is -2.12. The molecule has 1 aromatic rings. The molecule has 0 fully saturated rings. The number of aromatic nitrogens is 1. The van der Waals surface area contributed by atoms with Crippen molar-refractivity contribution in [1.82, 2.24) is 4.57 Å². The molecule has 19 heavy (non-hydrogen) atoms. The Morgan fingerprint density at radius 1 is 1.26 bits per heavy atom. The van der Waals surface area contributed by atoms with Gasteiger partial charge in [-0.3, -0.25) is 9.36 Å². The van der Waals surface area contributed by atoms with Gasteiger partial charge >= 0.3 is 0 Å². The van der Waals surface area contributed by atoms with Crippen molar-refractivity contribution in [2.24, 2.45) is 0 Å². The summed E-state index contributed by atoms with van der Waals surface area (Å²) in [6, 6.07) is 1.33. The van der Waals surface area contributed by atoms with E-state index < -0.39 is 15.4 Å². The molecule has 0 aliphatic rings. The average Bonchev–Trinajstić information content (AvgIpc) is 2.25. The van der Waals surface area contributed by atoms with Crippen LogP contribution in [0.3, 0.4) is 0 Å². The zero-order chi connectivity index (χ0) is 14.6. The molecule has 1 aromatic heterocycles. The smallest absolute Gasteiger partial charge is 0.272 e. The topological polar surface area (TPSA) is 76.4 Å². The summed E-state index contributed by atoms with van der Waals surface area (Å²) >= 11 is 0. The molecule has 0 atom stereocenters. The maximum atomic E-state index is 12.1. The van der Waals surface area contributed by atoms with Gasteiger partial charge in [-0.15, -0.1) is 0 Å². The summed E-state index contributed by atoms with van der Waals surface area (Å²) < 4.78 is 24.4. The van der Waals surface area contributed by atoms with E-state index in [-0.39, 0.29) is 16.3 Å². The number of sulfone groups is 1. The molecular formula is C13H21NO4S. The fraction of sp³-hybridized carbons (Fsp3) is 0.615. The maximum Gasteiger partial charge on any atom is 0.272 e. The van der Waals surface area contributed by atoms with Gasteiger partial charge in [0.05, 0.1) is 0 Å². The van der Waals surface area contributed by atoms with Crippen LogP contribution in [0.15, 0.2) is 15.8 Å². The second kappa shape index (κ2) is 6.23. The zero-order valence-corrected chi connectivity index (χ0v) is 12.5. The minimum Gasteiger partial charge on any atom is -0.494 e. The Labute approximate surface area is 113 Å². The number of nitrogens with zero attached hydrogens (tertiary/aromatic N) is 1. The van der Waals surface area contributed by atoms with Gasteiger partial charge in [-0.2, -0.15) is 0 Å². The Morgan fingerprint density at radius 2 is 1.89 bits per heavy atom. The van der Waals surface area contributed by atoms with Crippen molar-refractivity contribution in [1.29, 1.82) is 0 Å². The predicted octanol–water partition coefficient (Wildman–Crippen LogP) is 1.85. The van der Waals surface area contributed by atoms with Gasteiger partial charge in [-0.05, 0) is 18.9 Å². The van der Waals surface area contributed by atoms with Crippen molar-refractivity contribution < 1.29 is 13.5 Å². The summed E-state index contributed by atoms with van der Waals surface area (Å²) in [6.07, 6.45) is 4.83. The van der Waals surface area contributed by atoms with Crippen LogP contribution in [-0.2, 0) is 16.4 Å². The highest BCUT2D eigenvalue weighted by Crippen LogP contribution is 2.17. The van der Waals surface area contributed by atoms with Crippen LogP contribution < -0.4 is 5.56 Å². The third-order valence-corrected chi connectivity index (χ3v) is 4.26. The molecule has 0 aromatic carbocycles. The molecule has 1 rings (SSSR count). The van der Waals surface area contributed by atoms with Crippen LogP contribution >= 0.6 is 0 Å². The van der Waals surface area contributed by atoms with Crippen LogP contribution in [0.1, 0.15) is 38.2 Å². The van der Waals surface area contributed by atoms with Crippen molar-refractivity contribution in [3.8, 4) is 5.88 Å². The zero-order valence-electron chi connectivity index (χ0n) is 11.6. The number of unbranched alkanes of at least 4 members (excludes halogenated alkanes) is 3. The fourth-order valence-electron chi connectivity index (χ4n) is 2.10. The van der Waals surface area contributed by atoms with Crippen LogP contribution in [0, 0.1) is 6.92 Å². The molecule has 0 aliphatic heterocycles. The normalized spacial score (nSPS) is 11.7. The maximum absolute atomic E-state index is 12.1. The minimum atomic E-state index is -3.58. The number of rotatable bonds is 6. The molecule has 0 saturated heterocycles. The summed E-state index contributed by atoms with van der Waals surface area (Å²) in [5.74, 6) is -0.175. The number of pyridine rings is 1. The van der Waals surface area contributed by atoms with E-state index in [0.29, 0.717) is 6.54 Å². The lowest BCUT2D eigenvalue weighted by Crippen LogP contribution is -2.27. The highest BCUT2D eigenvalue weighted by atomic mass is 32.2. The van der Waals surface area contributed by atoms with Crippen molar-refractivity contribution in [2.75, 3.05) is 6.26 Å². The summed E-state index contributed by atoms with van der Waals surface area (Å²) in [7, 11) is -3.58. The van der Waals surface area contributed by atoms with Crippen LogP contribution in [0.25, 0.3) is 0 Å². The molecule has 0 bridgehead atoms. The molecule has 0 amide bonds. The Kier molecular flexibility index (Phi) is 5.17. The molecule has 0 spiro atoms. The van der Waals surface area contributed by atoms with Crippen molar-refractivity contribution in [2.45, 2.75) is 51.0 Å². The first kappa shape index (κ1) is 15.8. The Morgan fingerprint density at radius 3 is 2.42 bits per heavy atom. The van der Waals surface area contributed by atoms with Gasteiger partial charge in [0, 0.05) is 18.9 Å². The summed E-state index contributed by atoms with van der Waals surface area (Å²) in [5, 5.41) is 9.79. The van der Waals surface area contributed by atoms with E-state index in [0.717, 1.165) is 36.5 Å². The number of aromatic hydroxyl groups is 1. The van der Waals surface area contributed by atoms with Crippen LogP contribution in [0.5, 0.6) is 5.88 Å². The van der Waals surface area contributed by atoms with Gasteiger partial charge in [0.1, 0.15) is 4.90 Å². The van der Waals surface area contributed by atoms with Gasteiger partial charge in [-0.1, -0.05) is 26.2 Å². The lowest BCUT2D eigenvalue weighted by atomic mass is 10.2. The van der Waals surface area contributed by atoms with Crippen LogP contribution in [0.4, 0.5) is 0 Å². The Balaban J connectivity index is 3.16. The molecule has 5 nitrogen and oxygen atoms in total. The second-order valence-electron chi connectivity index (χ2n) is 4.80. The first-order chi connectivity index (χ1) is 8.79. The second-order valence-corrected chi connectivity index (χ2v) is 6.76. The van der Waals surface area contributed by atoms with Crippen molar-refractivity contribution in [3.63, 3.8) is 0 Å². The van der Waals surface area contributed by atoms with E-state index in [1.54, 1.807) is 0 Å². The van der Waals surface area contributed by atoms with E-state index in [2.05, 4.69) is 6.92 Å². The quantitative estimate of drug-likeness (QED) is 0.810. The van der Waals surface area contributed by atoms with Gasteiger partial charge in [0.15, 0.2) is 15.7 Å².